The number of likely N-dealkylation sites (tertiary alicyclic amines) is 1. The van der Waals surface area contributed by atoms with Gasteiger partial charge in [-0.05, 0) is 68.1 Å². The van der Waals surface area contributed by atoms with Gasteiger partial charge in [0.05, 0.1) is 0 Å². The van der Waals surface area contributed by atoms with Crippen LogP contribution in [0.4, 0.5) is 5.69 Å². The molecule has 1 heterocycles. The molecule has 0 atom stereocenters. The van der Waals surface area contributed by atoms with Crippen molar-refractivity contribution in [1.82, 2.24) is 4.90 Å². The third kappa shape index (κ3) is 4.42. The minimum absolute atomic E-state index is 0.0185. The predicted molar refractivity (Wildman–Crippen MR) is 102 cm³/mol. The molecule has 1 fully saturated rings. The fourth-order valence-corrected chi connectivity index (χ4v) is 2.98. The number of nitrogens with zero attached hydrogens (tertiary/aromatic N) is 1. The second-order valence-electron chi connectivity index (χ2n) is 6.66. The number of carbonyl (C=O) groups excluding carboxylic acids is 2. The van der Waals surface area contributed by atoms with E-state index >= 15 is 0 Å². The topological polar surface area (TPSA) is 58.6 Å². The second-order valence-corrected chi connectivity index (χ2v) is 6.66. The number of nitrogens with one attached hydrogen (secondary N) is 1. The van der Waals surface area contributed by atoms with Crippen molar-refractivity contribution >= 4 is 17.5 Å². The molecule has 2 amide bonds. The number of amides is 2. The zero-order chi connectivity index (χ0) is 18.5. The summed E-state index contributed by atoms with van der Waals surface area (Å²) < 4.78 is 5.55. The molecule has 1 saturated heterocycles. The van der Waals surface area contributed by atoms with E-state index < -0.39 is 0 Å². The SMILES string of the molecule is Cc1ccc(OCC(=O)Nc2cccc(C(=O)N3CCCC3)c2)cc1C. The van der Waals surface area contributed by atoms with E-state index in [1.165, 1.54) is 5.56 Å². The predicted octanol–water partition coefficient (Wildman–Crippen LogP) is 3.56. The molecule has 3 rings (SSSR count). The third-order valence-corrected chi connectivity index (χ3v) is 4.63. The quantitative estimate of drug-likeness (QED) is 0.895. The van der Waals surface area contributed by atoms with E-state index in [9.17, 15) is 9.59 Å². The molecule has 2 aromatic carbocycles. The second kappa shape index (κ2) is 8.04. The molecule has 26 heavy (non-hydrogen) atoms. The van der Waals surface area contributed by atoms with Gasteiger partial charge in [0.15, 0.2) is 6.61 Å². The van der Waals surface area contributed by atoms with Crippen LogP contribution in [0.1, 0.15) is 34.3 Å². The van der Waals surface area contributed by atoms with Crippen molar-refractivity contribution < 1.29 is 14.3 Å². The number of hydrogen-bond donors (Lipinski definition) is 1. The lowest BCUT2D eigenvalue weighted by atomic mass is 10.1. The smallest absolute Gasteiger partial charge is 0.262 e. The minimum atomic E-state index is -0.256. The van der Waals surface area contributed by atoms with Crippen LogP contribution in [0.25, 0.3) is 0 Å². The highest BCUT2D eigenvalue weighted by molar-refractivity contribution is 5.97. The Morgan fingerprint density at radius 2 is 1.81 bits per heavy atom. The zero-order valence-electron chi connectivity index (χ0n) is 15.2. The standard InChI is InChI=1S/C21H24N2O3/c1-15-8-9-19(12-16(15)2)26-14-20(24)22-18-7-5-6-17(13-18)21(25)23-10-3-4-11-23/h5-9,12-13H,3-4,10-11,14H2,1-2H3,(H,22,24). The van der Waals surface area contributed by atoms with Gasteiger partial charge in [-0.3, -0.25) is 9.59 Å². The van der Waals surface area contributed by atoms with Gasteiger partial charge in [0.25, 0.3) is 11.8 Å². The molecule has 1 aliphatic heterocycles. The number of hydrogen-bond acceptors (Lipinski definition) is 3. The van der Waals surface area contributed by atoms with E-state index in [-0.39, 0.29) is 18.4 Å². The third-order valence-electron chi connectivity index (χ3n) is 4.63. The maximum Gasteiger partial charge on any atom is 0.262 e. The number of aryl methyl sites for hydroxylation is 2. The summed E-state index contributed by atoms with van der Waals surface area (Å²) in [5.74, 6) is 0.431. The highest BCUT2D eigenvalue weighted by Gasteiger charge is 2.19. The molecule has 5 heteroatoms. The van der Waals surface area contributed by atoms with E-state index in [2.05, 4.69) is 5.32 Å². The molecule has 0 aliphatic carbocycles. The van der Waals surface area contributed by atoms with Crippen molar-refractivity contribution in [3.63, 3.8) is 0 Å². The van der Waals surface area contributed by atoms with Gasteiger partial charge < -0.3 is 15.0 Å². The zero-order valence-corrected chi connectivity index (χ0v) is 15.2. The van der Waals surface area contributed by atoms with E-state index in [1.54, 1.807) is 24.3 Å². The molecular formula is C21H24N2O3. The first-order chi connectivity index (χ1) is 12.5. The fourth-order valence-electron chi connectivity index (χ4n) is 2.98. The molecule has 2 aromatic rings. The Balaban J connectivity index is 1.57. The van der Waals surface area contributed by atoms with Crippen molar-refractivity contribution in [1.29, 1.82) is 0 Å². The van der Waals surface area contributed by atoms with Crippen LogP contribution in [-0.2, 0) is 4.79 Å². The van der Waals surface area contributed by atoms with Gasteiger partial charge in [-0.25, -0.2) is 0 Å². The number of ether oxygens (including phenoxy) is 1. The molecule has 0 aromatic heterocycles. The monoisotopic (exact) mass is 352 g/mol. The fraction of sp³-hybridized carbons (Fsp3) is 0.333. The molecule has 0 spiro atoms. The molecule has 0 saturated carbocycles. The highest BCUT2D eigenvalue weighted by Crippen LogP contribution is 2.18. The van der Waals surface area contributed by atoms with Crippen LogP contribution in [-0.4, -0.2) is 36.4 Å². The first kappa shape index (κ1) is 18.0. The van der Waals surface area contributed by atoms with Crippen molar-refractivity contribution in [2.24, 2.45) is 0 Å². The van der Waals surface area contributed by atoms with Crippen LogP contribution < -0.4 is 10.1 Å². The summed E-state index contributed by atoms with van der Waals surface area (Å²) in [6, 6.07) is 12.8. The van der Waals surface area contributed by atoms with E-state index in [4.69, 9.17) is 4.74 Å². The van der Waals surface area contributed by atoms with E-state index in [0.717, 1.165) is 31.5 Å². The average Bonchev–Trinajstić information content (AvgIpc) is 3.17. The lowest BCUT2D eigenvalue weighted by Crippen LogP contribution is -2.27. The van der Waals surface area contributed by atoms with Gasteiger partial charge in [-0.2, -0.15) is 0 Å². The van der Waals surface area contributed by atoms with E-state index in [0.29, 0.717) is 17.0 Å². The number of carbonyl (C=O) groups is 2. The van der Waals surface area contributed by atoms with Crippen LogP contribution in [0.2, 0.25) is 0 Å². The lowest BCUT2D eigenvalue weighted by Gasteiger charge is -2.16. The van der Waals surface area contributed by atoms with Gasteiger partial charge >= 0.3 is 0 Å². The first-order valence-electron chi connectivity index (χ1n) is 8.92. The maximum atomic E-state index is 12.4. The van der Waals surface area contributed by atoms with Crippen molar-refractivity contribution in [2.45, 2.75) is 26.7 Å². The normalized spacial score (nSPS) is 13.5. The molecule has 136 valence electrons. The van der Waals surface area contributed by atoms with Crippen LogP contribution in [0, 0.1) is 13.8 Å². The van der Waals surface area contributed by atoms with Gasteiger partial charge in [0.2, 0.25) is 0 Å². The first-order valence-corrected chi connectivity index (χ1v) is 8.92. The van der Waals surface area contributed by atoms with Gasteiger partial charge in [0, 0.05) is 24.3 Å². The largest absolute Gasteiger partial charge is 0.484 e. The molecule has 0 bridgehead atoms. The number of benzene rings is 2. The summed E-state index contributed by atoms with van der Waals surface area (Å²) in [5.41, 5.74) is 3.50. The molecule has 5 nitrogen and oxygen atoms in total. The molecule has 1 N–H and O–H groups in total. The summed E-state index contributed by atoms with van der Waals surface area (Å²) in [6.45, 7) is 5.57. The Labute approximate surface area is 154 Å². The number of anilines is 1. The minimum Gasteiger partial charge on any atom is -0.484 e. The summed E-state index contributed by atoms with van der Waals surface area (Å²) in [4.78, 5) is 26.4. The summed E-state index contributed by atoms with van der Waals surface area (Å²) in [5, 5.41) is 2.79. The van der Waals surface area contributed by atoms with Crippen LogP contribution in [0.3, 0.4) is 0 Å². The Hall–Kier alpha value is -2.82. The van der Waals surface area contributed by atoms with Crippen LogP contribution in [0.5, 0.6) is 5.75 Å². The molecular weight excluding hydrogens is 328 g/mol. The summed E-state index contributed by atoms with van der Waals surface area (Å²) in [6.07, 6.45) is 2.11. The van der Waals surface area contributed by atoms with Crippen molar-refractivity contribution in [2.75, 3.05) is 25.0 Å². The Morgan fingerprint density at radius 1 is 1.04 bits per heavy atom. The number of rotatable bonds is 5. The van der Waals surface area contributed by atoms with Crippen molar-refractivity contribution in [3.8, 4) is 5.75 Å². The Kier molecular flexibility index (Phi) is 5.56. The van der Waals surface area contributed by atoms with Gasteiger partial charge in [-0.1, -0.05) is 12.1 Å². The molecule has 1 aliphatic rings. The molecule has 0 radical (unpaired) electrons. The lowest BCUT2D eigenvalue weighted by molar-refractivity contribution is -0.118. The van der Waals surface area contributed by atoms with Crippen molar-refractivity contribution in [3.05, 3.63) is 59.2 Å². The maximum absolute atomic E-state index is 12.4. The Morgan fingerprint density at radius 3 is 2.54 bits per heavy atom. The van der Waals surface area contributed by atoms with Crippen LogP contribution in [0.15, 0.2) is 42.5 Å². The summed E-state index contributed by atoms with van der Waals surface area (Å²) in [7, 11) is 0. The molecule has 0 unspecified atom stereocenters. The van der Waals surface area contributed by atoms with Crippen LogP contribution >= 0.6 is 0 Å². The van der Waals surface area contributed by atoms with Gasteiger partial charge in [-0.15, -0.1) is 0 Å². The highest BCUT2D eigenvalue weighted by atomic mass is 16.5. The van der Waals surface area contributed by atoms with E-state index in [1.807, 2.05) is 36.9 Å². The Bertz CT molecular complexity index is 811. The van der Waals surface area contributed by atoms with Gasteiger partial charge in [0.1, 0.15) is 5.75 Å². The summed E-state index contributed by atoms with van der Waals surface area (Å²) >= 11 is 0. The average molecular weight is 352 g/mol.